The van der Waals surface area contributed by atoms with Gasteiger partial charge in [-0.05, 0) is 67.3 Å². The first-order valence-corrected chi connectivity index (χ1v) is 18.3. The molecule has 1 aliphatic heterocycles. The van der Waals surface area contributed by atoms with Crippen LogP contribution in [0, 0.1) is 5.82 Å². The molecule has 0 spiro atoms. The summed E-state index contributed by atoms with van der Waals surface area (Å²) in [5, 5.41) is 20.6. The van der Waals surface area contributed by atoms with Crippen LogP contribution in [0.2, 0.25) is 0 Å². The highest BCUT2D eigenvalue weighted by Gasteiger charge is 2.43. The Morgan fingerprint density at radius 3 is 2.02 bits per heavy atom. The fourth-order valence-corrected chi connectivity index (χ4v) is 6.49. The van der Waals surface area contributed by atoms with Gasteiger partial charge in [0.25, 0.3) is 11.8 Å². The summed E-state index contributed by atoms with van der Waals surface area (Å²) in [6.45, 7) is 3.87. The zero-order valence-electron chi connectivity index (χ0n) is 28.8. The van der Waals surface area contributed by atoms with E-state index in [9.17, 15) is 32.3 Å². The summed E-state index contributed by atoms with van der Waals surface area (Å²) < 4.78 is 39.5. The van der Waals surface area contributed by atoms with E-state index in [1.165, 1.54) is 49.5 Å². The summed E-state index contributed by atoms with van der Waals surface area (Å²) in [6, 6.07) is 25.7. The van der Waals surface area contributed by atoms with Gasteiger partial charge in [0, 0.05) is 24.7 Å². The number of anilines is 1. The van der Waals surface area contributed by atoms with Crippen molar-refractivity contribution in [3.8, 4) is 0 Å². The van der Waals surface area contributed by atoms with Gasteiger partial charge in [-0.3, -0.25) is 24.0 Å². The highest BCUT2D eigenvalue weighted by Crippen LogP contribution is 2.24. The summed E-state index contributed by atoms with van der Waals surface area (Å²) in [4.78, 5) is 42.8. The van der Waals surface area contributed by atoms with Crippen LogP contribution in [0.15, 0.2) is 103 Å². The second-order valence-electron chi connectivity index (χ2n) is 12.8. The molecule has 268 valence electrons. The molecule has 0 aliphatic carbocycles. The van der Waals surface area contributed by atoms with Crippen LogP contribution in [-0.2, 0) is 27.8 Å². The summed E-state index contributed by atoms with van der Waals surface area (Å²) >= 11 is 0. The van der Waals surface area contributed by atoms with E-state index < -0.39 is 58.1 Å². The number of halogens is 1. The second-order valence-corrected chi connectivity index (χ2v) is 14.8. The molecule has 0 radical (unpaired) electrons. The Hall–Kier alpha value is -5.11. The molecule has 0 saturated carbocycles. The van der Waals surface area contributed by atoms with Crippen LogP contribution in [0.4, 0.5) is 10.1 Å². The van der Waals surface area contributed by atoms with Gasteiger partial charge in [-0.1, -0.05) is 72.8 Å². The van der Waals surface area contributed by atoms with Crippen molar-refractivity contribution in [2.45, 2.75) is 57.2 Å². The second kappa shape index (κ2) is 15.8. The van der Waals surface area contributed by atoms with Crippen LogP contribution in [0.5, 0.6) is 0 Å². The molecule has 0 bridgehead atoms. The van der Waals surface area contributed by atoms with Crippen LogP contribution in [0.25, 0.3) is 0 Å². The molecule has 4 N–H and O–H groups in total. The average molecular weight is 716 g/mol. The molecule has 4 unspecified atom stereocenters. The highest BCUT2D eigenvalue weighted by atomic mass is 32.2. The lowest BCUT2D eigenvalue weighted by molar-refractivity contribution is -0.132. The van der Waals surface area contributed by atoms with Crippen molar-refractivity contribution in [3.05, 3.63) is 137 Å². The summed E-state index contributed by atoms with van der Waals surface area (Å²) in [5.74, 6) is -2.04. The molecule has 1 fully saturated rings. The minimum absolute atomic E-state index is 0.000264. The third-order valence-electron chi connectivity index (χ3n) is 9.02. The maximum Gasteiger partial charge on any atom is 0.251 e. The van der Waals surface area contributed by atoms with Crippen molar-refractivity contribution in [2.75, 3.05) is 17.6 Å². The third-order valence-corrected chi connectivity index (χ3v) is 10.2. The quantitative estimate of drug-likeness (QED) is 0.165. The maximum atomic E-state index is 14.0. The van der Waals surface area contributed by atoms with Crippen molar-refractivity contribution in [2.24, 2.45) is 0 Å². The zero-order valence-corrected chi connectivity index (χ0v) is 29.6. The van der Waals surface area contributed by atoms with Gasteiger partial charge in [-0.15, -0.1) is 0 Å². The Bertz CT molecular complexity index is 1960. The van der Waals surface area contributed by atoms with E-state index in [1.807, 2.05) is 67.6 Å². The van der Waals surface area contributed by atoms with Crippen LogP contribution < -0.4 is 20.3 Å². The Morgan fingerprint density at radius 2 is 1.45 bits per heavy atom. The topological polar surface area (TPSA) is 148 Å². The van der Waals surface area contributed by atoms with E-state index in [2.05, 4.69) is 16.0 Å². The molecule has 1 heterocycles. The Labute approximate surface area is 297 Å². The lowest BCUT2D eigenvalue weighted by Gasteiger charge is -2.28. The van der Waals surface area contributed by atoms with Crippen LogP contribution in [0.3, 0.4) is 0 Å². The number of amides is 3. The smallest absolute Gasteiger partial charge is 0.251 e. The van der Waals surface area contributed by atoms with Crippen LogP contribution in [0.1, 0.15) is 57.3 Å². The predicted octanol–water partition coefficient (Wildman–Crippen LogP) is 3.76. The predicted molar refractivity (Wildman–Crippen MR) is 193 cm³/mol. The Kier molecular flexibility index (Phi) is 11.5. The number of aliphatic hydroxyl groups is 1. The van der Waals surface area contributed by atoms with Gasteiger partial charge < -0.3 is 20.6 Å². The molecule has 4 aromatic rings. The first-order chi connectivity index (χ1) is 24.2. The third kappa shape index (κ3) is 9.17. The molecule has 51 heavy (non-hydrogen) atoms. The average Bonchev–Trinajstić information content (AvgIpc) is 3.39. The number of benzene rings is 4. The maximum absolute atomic E-state index is 14.0. The molecule has 1 aliphatic rings. The largest absolute Gasteiger partial charge is 0.389 e. The number of hydrogen-bond acceptors (Lipinski definition) is 7. The Morgan fingerprint density at radius 1 is 0.902 bits per heavy atom. The van der Waals surface area contributed by atoms with Crippen LogP contribution in [-0.4, -0.2) is 73.8 Å². The molecular formula is C38H42FN5O6S. The van der Waals surface area contributed by atoms with Crippen molar-refractivity contribution in [1.82, 2.24) is 20.9 Å². The number of nitrogens with zero attached hydrogens (tertiary/aromatic N) is 2. The summed E-state index contributed by atoms with van der Waals surface area (Å²) in [5.41, 5.74) is 2.37. The zero-order chi connectivity index (χ0) is 36.9. The van der Waals surface area contributed by atoms with Gasteiger partial charge >= 0.3 is 0 Å². The molecule has 3 amide bonds. The molecular weight excluding hydrogens is 674 g/mol. The first-order valence-electron chi connectivity index (χ1n) is 16.5. The van der Waals surface area contributed by atoms with Gasteiger partial charge in [-0.25, -0.2) is 12.8 Å². The van der Waals surface area contributed by atoms with E-state index in [1.54, 1.807) is 11.8 Å². The van der Waals surface area contributed by atoms with Crippen molar-refractivity contribution in [1.29, 1.82) is 0 Å². The number of hydrogen-bond donors (Lipinski definition) is 4. The Balaban J connectivity index is 1.43. The first kappa shape index (κ1) is 37.2. The van der Waals surface area contributed by atoms with E-state index >= 15 is 0 Å². The number of sulfonamides is 1. The molecule has 4 aromatic carbocycles. The van der Waals surface area contributed by atoms with Crippen molar-refractivity contribution < 1.29 is 32.3 Å². The van der Waals surface area contributed by atoms with Gasteiger partial charge in [0.05, 0.1) is 36.3 Å². The number of carbonyl (C=O) groups is 3. The minimum atomic E-state index is -3.79. The molecule has 5 rings (SSSR count). The van der Waals surface area contributed by atoms with Crippen LogP contribution >= 0.6 is 0 Å². The summed E-state index contributed by atoms with van der Waals surface area (Å²) in [7, 11) is -2.49. The normalized spacial score (nSPS) is 17.8. The molecule has 13 heteroatoms. The SMILES string of the molecule is CC1NC(C(O)C(Cc2ccccc2)NC(=O)c2cc(C(=O)N[C@H](C)c3ccc(F)cc3)cc(N(C)S(C)(=O)=O)c2)C(=O)N1Cc1ccccc1. The highest BCUT2D eigenvalue weighted by molar-refractivity contribution is 7.92. The van der Waals surface area contributed by atoms with Gasteiger partial charge in [0.15, 0.2) is 0 Å². The fourth-order valence-electron chi connectivity index (χ4n) is 6.00. The standard InChI is InChI=1S/C38H42FN5O6S/c1-24(28-15-17-31(39)18-16-28)40-36(46)29-20-30(22-32(21-29)43(3)51(4,49)50)37(47)42-33(19-26-11-7-5-8-12-26)35(45)34-38(48)44(25(2)41-34)23-27-13-9-6-10-14-27/h5-18,20-22,24-25,33-35,41,45H,19,23H2,1-4H3,(H,40,46)(H,42,47)/t24-,25?,33?,34?,35?/m1/s1. The number of carbonyl (C=O) groups excluding carboxylic acids is 3. The molecule has 11 nitrogen and oxygen atoms in total. The number of rotatable bonds is 13. The lowest BCUT2D eigenvalue weighted by Crippen LogP contribution is -2.55. The van der Waals surface area contributed by atoms with E-state index in [-0.39, 0.29) is 29.1 Å². The molecule has 5 atom stereocenters. The lowest BCUT2D eigenvalue weighted by atomic mass is 9.95. The molecule has 1 saturated heterocycles. The monoisotopic (exact) mass is 715 g/mol. The number of nitrogens with one attached hydrogen (secondary N) is 3. The van der Waals surface area contributed by atoms with E-state index in [0.29, 0.717) is 12.1 Å². The van der Waals surface area contributed by atoms with Gasteiger partial charge in [0.1, 0.15) is 11.9 Å². The van der Waals surface area contributed by atoms with E-state index in [4.69, 9.17) is 0 Å². The minimum Gasteiger partial charge on any atom is -0.389 e. The summed E-state index contributed by atoms with van der Waals surface area (Å²) in [6.07, 6.45) is -0.605. The van der Waals surface area contributed by atoms with Gasteiger partial charge in [-0.2, -0.15) is 0 Å². The molecule has 0 aromatic heterocycles. The van der Waals surface area contributed by atoms with Gasteiger partial charge in [0.2, 0.25) is 15.9 Å². The number of aliphatic hydroxyl groups excluding tert-OH is 1. The fraction of sp³-hybridized carbons (Fsp3) is 0.289. The van der Waals surface area contributed by atoms with Crippen molar-refractivity contribution >= 4 is 33.4 Å². The van der Waals surface area contributed by atoms with Crippen molar-refractivity contribution in [3.63, 3.8) is 0 Å². The van der Waals surface area contributed by atoms with E-state index in [0.717, 1.165) is 21.7 Å².